The minimum atomic E-state index is -0.303. The number of amides is 1. The molecule has 0 spiro atoms. The number of hydrogen-bond acceptors (Lipinski definition) is 3. The van der Waals surface area contributed by atoms with Crippen molar-refractivity contribution in [2.75, 3.05) is 11.9 Å². The molecule has 27 heavy (non-hydrogen) atoms. The summed E-state index contributed by atoms with van der Waals surface area (Å²) in [5.41, 5.74) is 0.782. The largest absolute Gasteiger partial charge is 0.446 e. The summed E-state index contributed by atoms with van der Waals surface area (Å²) >= 11 is 3.42. The van der Waals surface area contributed by atoms with Gasteiger partial charge in [-0.15, -0.1) is 0 Å². The average molecular weight is 435 g/mol. The Kier molecular flexibility index (Phi) is 6.08. The number of halogens is 1. The van der Waals surface area contributed by atoms with Crippen LogP contribution in [0.1, 0.15) is 58.3 Å². The lowest BCUT2D eigenvalue weighted by molar-refractivity contribution is -0.0177. The molecule has 0 radical (unpaired) electrons. The van der Waals surface area contributed by atoms with Crippen LogP contribution in [0, 0.1) is 11.8 Å². The SMILES string of the molecule is CCCC[C@H]1C2CC(OC(=O)Nc3ccc(Br)cc3)C(C2)[C@H]2CCCCN21. The Hall–Kier alpha value is -1.07. The van der Waals surface area contributed by atoms with Crippen LogP contribution in [-0.2, 0) is 4.74 Å². The highest BCUT2D eigenvalue weighted by molar-refractivity contribution is 9.10. The summed E-state index contributed by atoms with van der Waals surface area (Å²) < 4.78 is 6.97. The lowest BCUT2D eigenvalue weighted by Crippen LogP contribution is -2.55. The Morgan fingerprint density at radius 1 is 1.26 bits per heavy atom. The van der Waals surface area contributed by atoms with Crippen molar-refractivity contribution in [2.24, 2.45) is 11.8 Å². The first-order valence-electron chi connectivity index (χ1n) is 10.6. The van der Waals surface area contributed by atoms with Crippen LogP contribution in [0.2, 0.25) is 0 Å². The predicted octanol–water partition coefficient (Wildman–Crippen LogP) is 5.82. The third kappa shape index (κ3) is 4.19. The van der Waals surface area contributed by atoms with Crippen molar-refractivity contribution in [1.82, 2.24) is 4.90 Å². The summed E-state index contributed by atoms with van der Waals surface area (Å²) in [6.45, 7) is 3.52. The highest BCUT2D eigenvalue weighted by atomic mass is 79.9. The van der Waals surface area contributed by atoms with E-state index >= 15 is 0 Å². The van der Waals surface area contributed by atoms with Gasteiger partial charge >= 0.3 is 6.09 Å². The van der Waals surface area contributed by atoms with Crippen molar-refractivity contribution in [3.05, 3.63) is 28.7 Å². The second kappa shape index (κ2) is 8.52. The number of anilines is 1. The molecule has 3 aliphatic rings. The molecule has 5 atom stereocenters. The Morgan fingerprint density at radius 3 is 2.85 bits per heavy atom. The maximum atomic E-state index is 12.5. The molecular formula is C22H31BrN2O2. The number of unbranched alkanes of at least 4 members (excludes halogenated alkanes) is 1. The maximum absolute atomic E-state index is 12.5. The van der Waals surface area contributed by atoms with E-state index in [0.717, 1.165) is 16.6 Å². The summed E-state index contributed by atoms with van der Waals surface area (Å²) in [7, 11) is 0. The van der Waals surface area contributed by atoms with E-state index in [1.54, 1.807) is 0 Å². The lowest BCUT2D eigenvalue weighted by atomic mass is 9.79. The molecule has 4 nitrogen and oxygen atoms in total. The highest BCUT2D eigenvalue weighted by Crippen LogP contribution is 2.49. The molecule has 1 aromatic carbocycles. The minimum Gasteiger partial charge on any atom is -0.446 e. The van der Waals surface area contributed by atoms with Crippen molar-refractivity contribution in [3.63, 3.8) is 0 Å². The lowest BCUT2D eigenvalue weighted by Gasteiger charge is -2.49. The van der Waals surface area contributed by atoms with Gasteiger partial charge in [-0.25, -0.2) is 4.79 Å². The first kappa shape index (κ1) is 19.3. The Labute approximate surface area is 171 Å². The van der Waals surface area contributed by atoms with E-state index in [1.165, 1.54) is 51.5 Å². The van der Waals surface area contributed by atoms with Crippen LogP contribution in [0.3, 0.4) is 0 Å². The zero-order valence-electron chi connectivity index (χ0n) is 16.2. The zero-order chi connectivity index (χ0) is 18.8. The van der Waals surface area contributed by atoms with Crippen molar-refractivity contribution >= 4 is 27.7 Å². The summed E-state index contributed by atoms with van der Waals surface area (Å²) in [5.74, 6) is 1.21. The highest BCUT2D eigenvalue weighted by Gasteiger charge is 2.52. The first-order valence-corrected chi connectivity index (χ1v) is 11.4. The summed E-state index contributed by atoms with van der Waals surface area (Å²) in [6, 6.07) is 8.95. The van der Waals surface area contributed by atoms with E-state index in [4.69, 9.17) is 4.74 Å². The Morgan fingerprint density at radius 2 is 2.07 bits per heavy atom. The number of ether oxygens (including phenoxy) is 1. The molecule has 4 rings (SSSR count). The molecule has 2 aliphatic heterocycles. The van der Waals surface area contributed by atoms with Crippen molar-refractivity contribution in [3.8, 4) is 0 Å². The zero-order valence-corrected chi connectivity index (χ0v) is 17.8. The van der Waals surface area contributed by atoms with E-state index in [1.807, 2.05) is 24.3 Å². The van der Waals surface area contributed by atoms with Gasteiger partial charge in [0.1, 0.15) is 6.10 Å². The van der Waals surface area contributed by atoms with Gasteiger partial charge in [-0.2, -0.15) is 0 Å². The molecule has 1 aliphatic carbocycles. The number of hydrogen-bond donors (Lipinski definition) is 1. The summed E-state index contributed by atoms with van der Waals surface area (Å²) in [5, 5.41) is 2.90. The number of carbonyl (C=O) groups excluding carboxylic acids is 1. The topological polar surface area (TPSA) is 41.6 Å². The van der Waals surface area contributed by atoms with Gasteiger partial charge in [0.15, 0.2) is 0 Å². The van der Waals surface area contributed by atoms with Crippen molar-refractivity contribution in [2.45, 2.75) is 76.5 Å². The minimum absolute atomic E-state index is 0.0719. The Balaban J connectivity index is 1.42. The van der Waals surface area contributed by atoms with Crippen LogP contribution in [0.5, 0.6) is 0 Å². The molecule has 1 amide bonds. The number of fused-ring (bicyclic) bond motifs is 4. The van der Waals surface area contributed by atoms with Gasteiger partial charge in [-0.05, 0) is 68.8 Å². The van der Waals surface area contributed by atoms with Crippen LogP contribution in [0.15, 0.2) is 28.7 Å². The average Bonchev–Trinajstić information content (AvgIpc) is 3.03. The molecule has 5 heteroatoms. The molecule has 1 N–H and O–H groups in total. The number of carbonyl (C=O) groups is 1. The molecule has 148 valence electrons. The fraction of sp³-hybridized carbons (Fsp3) is 0.682. The van der Waals surface area contributed by atoms with E-state index < -0.39 is 0 Å². The van der Waals surface area contributed by atoms with E-state index in [2.05, 4.69) is 33.1 Å². The number of rotatable bonds is 5. The van der Waals surface area contributed by atoms with E-state index in [-0.39, 0.29) is 12.2 Å². The quantitative estimate of drug-likeness (QED) is 0.634. The maximum Gasteiger partial charge on any atom is 0.411 e. The smallest absolute Gasteiger partial charge is 0.411 e. The standard InChI is InChI=1S/C22H31BrN2O2/c1-2-3-6-19-15-13-18(20-7-4-5-12-25(19)20)21(14-15)27-22(26)24-17-10-8-16(23)9-11-17/h8-11,15,18-21H,2-7,12-14H2,1H3,(H,24,26)/t15?,18?,19-,20+,21?/m0/s1. The van der Waals surface area contributed by atoms with Crippen LogP contribution in [-0.4, -0.2) is 35.7 Å². The van der Waals surface area contributed by atoms with Crippen LogP contribution >= 0.6 is 15.9 Å². The first-order chi connectivity index (χ1) is 13.2. The van der Waals surface area contributed by atoms with Crippen molar-refractivity contribution in [1.29, 1.82) is 0 Å². The second-order valence-corrected chi connectivity index (χ2v) is 9.40. The summed E-state index contributed by atoms with van der Waals surface area (Å²) in [6.07, 6.45) is 9.85. The normalized spacial score (nSPS) is 32.7. The molecule has 2 bridgehead atoms. The Bertz CT molecular complexity index is 650. The molecule has 2 saturated heterocycles. The number of benzene rings is 1. The number of nitrogens with zero attached hydrogens (tertiary/aromatic N) is 1. The molecule has 3 unspecified atom stereocenters. The third-order valence-corrected chi connectivity index (χ3v) is 7.38. The molecule has 0 aromatic heterocycles. The van der Waals surface area contributed by atoms with E-state index in [9.17, 15) is 4.79 Å². The van der Waals surface area contributed by atoms with Gasteiger partial charge in [0.05, 0.1) is 0 Å². The van der Waals surface area contributed by atoms with Crippen molar-refractivity contribution < 1.29 is 9.53 Å². The van der Waals surface area contributed by atoms with Gasteiger partial charge in [-0.1, -0.05) is 42.1 Å². The molecule has 2 heterocycles. The molecule has 3 fully saturated rings. The monoisotopic (exact) mass is 434 g/mol. The molecular weight excluding hydrogens is 404 g/mol. The predicted molar refractivity (Wildman–Crippen MR) is 112 cm³/mol. The van der Waals surface area contributed by atoms with Crippen LogP contribution < -0.4 is 5.32 Å². The second-order valence-electron chi connectivity index (χ2n) is 8.48. The van der Waals surface area contributed by atoms with Crippen LogP contribution in [0.25, 0.3) is 0 Å². The molecule has 1 saturated carbocycles. The number of piperidine rings is 2. The van der Waals surface area contributed by atoms with Gasteiger partial charge in [0, 0.05) is 28.2 Å². The van der Waals surface area contributed by atoms with Gasteiger partial charge in [-0.3, -0.25) is 10.2 Å². The third-order valence-electron chi connectivity index (χ3n) is 6.85. The van der Waals surface area contributed by atoms with Gasteiger partial charge in [0.2, 0.25) is 0 Å². The van der Waals surface area contributed by atoms with Gasteiger partial charge < -0.3 is 4.74 Å². The molecule has 1 aromatic rings. The number of nitrogens with one attached hydrogen (secondary N) is 1. The van der Waals surface area contributed by atoms with E-state index in [0.29, 0.717) is 23.9 Å². The fourth-order valence-corrected chi connectivity index (χ4v) is 5.94. The van der Waals surface area contributed by atoms with Crippen LogP contribution in [0.4, 0.5) is 10.5 Å². The van der Waals surface area contributed by atoms with Gasteiger partial charge in [0.25, 0.3) is 0 Å². The fourth-order valence-electron chi connectivity index (χ4n) is 5.68. The summed E-state index contributed by atoms with van der Waals surface area (Å²) in [4.78, 5) is 15.3.